The summed E-state index contributed by atoms with van der Waals surface area (Å²) in [4.78, 5) is 7.97. The predicted molar refractivity (Wildman–Crippen MR) is 134 cm³/mol. The van der Waals surface area contributed by atoms with E-state index in [2.05, 4.69) is 26.1 Å². The zero-order valence-electron chi connectivity index (χ0n) is 20.2. The summed E-state index contributed by atoms with van der Waals surface area (Å²) in [7, 11) is -3.30. The molecule has 0 bridgehead atoms. The van der Waals surface area contributed by atoms with Gasteiger partial charge in [0.15, 0.2) is 0 Å². The van der Waals surface area contributed by atoms with Gasteiger partial charge in [0, 0.05) is 38.0 Å². The smallest absolute Gasteiger partial charge is 0.220 e. The molecule has 1 aliphatic carbocycles. The van der Waals surface area contributed by atoms with E-state index in [0.717, 1.165) is 47.5 Å². The number of phenols is 1. The second-order valence-corrected chi connectivity index (χ2v) is 12.6. The molecule has 11 heteroatoms. The number of nitrogens with zero attached hydrogens (tertiary/aromatic N) is 2. The Morgan fingerprint density at radius 3 is 2.81 bits per heavy atom. The highest BCUT2D eigenvalue weighted by molar-refractivity contribution is 7.89. The van der Waals surface area contributed by atoms with Crippen LogP contribution in [-0.2, 0) is 16.4 Å². The second-order valence-electron chi connectivity index (χ2n) is 10.4. The van der Waals surface area contributed by atoms with Crippen molar-refractivity contribution in [1.82, 2.24) is 30.4 Å². The Morgan fingerprint density at radius 2 is 2.06 bits per heavy atom. The molecule has 1 saturated carbocycles. The number of H-pyrrole nitrogens is 1. The predicted octanol–water partition coefficient (Wildman–Crippen LogP) is 1.73. The minimum Gasteiger partial charge on any atom is -0.508 e. The second kappa shape index (κ2) is 9.21. The maximum Gasteiger partial charge on any atom is 0.220 e. The van der Waals surface area contributed by atoms with Gasteiger partial charge in [-0.3, -0.25) is 5.43 Å². The number of aromatic amines is 1. The molecule has 36 heavy (non-hydrogen) atoms. The molecule has 4 aliphatic rings. The average molecular weight is 517 g/mol. The van der Waals surface area contributed by atoms with Crippen LogP contribution in [0.5, 0.6) is 5.75 Å². The fourth-order valence-electron chi connectivity index (χ4n) is 6.17. The number of nitrogens with one attached hydrogen (secondary N) is 4. The number of rotatable bonds is 6. The number of hydrogen-bond donors (Lipinski definition) is 5. The van der Waals surface area contributed by atoms with Crippen molar-refractivity contribution in [3.05, 3.63) is 53.1 Å². The number of alkyl halides is 1. The molecule has 5 N–H and O–H groups in total. The van der Waals surface area contributed by atoms with Crippen LogP contribution >= 0.6 is 0 Å². The third kappa shape index (κ3) is 3.97. The number of aryl methyl sites for hydroxylation is 1. The van der Waals surface area contributed by atoms with Crippen molar-refractivity contribution in [2.45, 2.75) is 55.6 Å². The van der Waals surface area contributed by atoms with Crippen molar-refractivity contribution < 1.29 is 17.9 Å². The summed E-state index contributed by atoms with van der Waals surface area (Å²) in [6, 6.07) is 4.76. The van der Waals surface area contributed by atoms with Gasteiger partial charge >= 0.3 is 0 Å². The molecule has 2 saturated heterocycles. The third-order valence-corrected chi connectivity index (χ3v) is 10.6. The molecule has 2 aromatic rings. The minimum atomic E-state index is -3.30. The quantitative estimate of drug-likeness (QED) is 0.396. The molecule has 5 unspecified atom stereocenters. The molecule has 0 spiro atoms. The SMILES string of the molecule is CCc1cc(O)ccc1C1CCC2C(c3ncc(C4=CCN(S(=O)(=O)C5CNC5)C4)[nH]3)NNC2C1F. The van der Waals surface area contributed by atoms with Crippen LogP contribution < -0.4 is 16.2 Å². The van der Waals surface area contributed by atoms with Crippen LogP contribution in [0.15, 0.2) is 30.5 Å². The van der Waals surface area contributed by atoms with E-state index in [-0.39, 0.29) is 34.9 Å². The largest absolute Gasteiger partial charge is 0.508 e. The van der Waals surface area contributed by atoms with Crippen LogP contribution in [0.2, 0.25) is 0 Å². The Bertz CT molecular complexity index is 1280. The van der Waals surface area contributed by atoms with E-state index in [9.17, 15) is 13.5 Å². The lowest BCUT2D eigenvalue weighted by Crippen LogP contribution is -2.55. The molecule has 6 rings (SSSR count). The summed E-state index contributed by atoms with van der Waals surface area (Å²) in [6.07, 6.45) is 4.93. The van der Waals surface area contributed by atoms with Crippen molar-refractivity contribution in [1.29, 1.82) is 0 Å². The summed E-state index contributed by atoms with van der Waals surface area (Å²) in [5, 5.41) is 12.5. The van der Waals surface area contributed by atoms with Gasteiger partial charge in [-0.2, -0.15) is 4.31 Å². The van der Waals surface area contributed by atoms with Gasteiger partial charge in [0.25, 0.3) is 0 Å². The Hall–Kier alpha value is -2.31. The number of sulfonamides is 1. The first kappa shape index (κ1) is 24.1. The lowest BCUT2D eigenvalue weighted by atomic mass is 9.71. The number of benzene rings is 1. The van der Waals surface area contributed by atoms with Crippen molar-refractivity contribution in [2.75, 3.05) is 26.2 Å². The van der Waals surface area contributed by atoms with E-state index in [1.54, 1.807) is 18.3 Å². The summed E-state index contributed by atoms with van der Waals surface area (Å²) in [6.45, 7) is 3.75. The molecular formula is C25H33FN6O3S. The van der Waals surface area contributed by atoms with Gasteiger partial charge in [-0.1, -0.05) is 19.1 Å². The van der Waals surface area contributed by atoms with E-state index in [0.29, 0.717) is 26.2 Å². The van der Waals surface area contributed by atoms with Crippen LogP contribution in [-0.4, -0.2) is 71.4 Å². The van der Waals surface area contributed by atoms with E-state index in [4.69, 9.17) is 0 Å². The Morgan fingerprint density at radius 1 is 1.22 bits per heavy atom. The molecule has 0 amide bonds. The molecule has 0 radical (unpaired) electrons. The topological polar surface area (TPSA) is 122 Å². The zero-order chi connectivity index (χ0) is 25.0. The maximum atomic E-state index is 15.8. The van der Waals surface area contributed by atoms with Crippen LogP contribution in [0.4, 0.5) is 4.39 Å². The molecule has 5 atom stereocenters. The summed E-state index contributed by atoms with van der Waals surface area (Å²) < 4.78 is 42.8. The molecule has 3 fully saturated rings. The molecular weight excluding hydrogens is 483 g/mol. The normalized spacial score (nSPS) is 31.3. The average Bonchev–Trinajstić information content (AvgIpc) is 3.57. The van der Waals surface area contributed by atoms with Crippen molar-refractivity contribution in [2.24, 2.45) is 5.92 Å². The maximum absolute atomic E-state index is 15.8. The zero-order valence-corrected chi connectivity index (χ0v) is 21.1. The van der Waals surface area contributed by atoms with Gasteiger partial charge in [-0.15, -0.1) is 0 Å². The van der Waals surface area contributed by atoms with Crippen LogP contribution in [0, 0.1) is 5.92 Å². The Kier molecular flexibility index (Phi) is 6.16. The number of fused-ring (bicyclic) bond motifs is 1. The van der Waals surface area contributed by atoms with Crippen LogP contribution in [0.25, 0.3) is 5.57 Å². The number of aromatic hydroxyl groups is 1. The van der Waals surface area contributed by atoms with E-state index in [1.807, 2.05) is 19.1 Å². The first-order valence-corrected chi connectivity index (χ1v) is 14.3. The first-order chi connectivity index (χ1) is 17.4. The van der Waals surface area contributed by atoms with Gasteiger partial charge in [0.2, 0.25) is 10.0 Å². The molecule has 1 aromatic carbocycles. The summed E-state index contributed by atoms with van der Waals surface area (Å²) in [5.74, 6) is 0.773. The Balaban J connectivity index is 1.14. The number of aromatic nitrogens is 2. The summed E-state index contributed by atoms with van der Waals surface area (Å²) >= 11 is 0. The van der Waals surface area contributed by atoms with Gasteiger partial charge in [-0.25, -0.2) is 23.2 Å². The third-order valence-electron chi connectivity index (χ3n) is 8.39. The lowest BCUT2D eigenvalue weighted by molar-refractivity contribution is 0.135. The highest BCUT2D eigenvalue weighted by atomic mass is 32.2. The highest BCUT2D eigenvalue weighted by Crippen LogP contribution is 2.45. The lowest BCUT2D eigenvalue weighted by Gasteiger charge is -2.36. The first-order valence-electron chi connectivity index (χ1n) is 12.8. The Labute approximate surface area is 210 Å². The highest BCUT2D eigenvalue weighted by Gasteiger charge is 2.49. The molecule has 1 aromatic heterocycles. The fourth-order valence-corrected chi connectivity index (χ4v) is 7.85. The number of hydrazine groups is 1. The van der Waals surface area contributed by atoms with Crippen molar-refractivity contribution in [3.8, 4) is 5.75 Å². The molecule has 9 nitrogen and oxygen atoms in total. The molecule has 4 heterocycles. The standard InChI is InChI=1S/C25H33FN6O3S/c1-2-14-9-16(33)3-4-18(14)19-5-6-20-23(22(19)26)30-31-24(20)25-28-12-21(29-25)15-7-8-32(13-15)36(34,35)17-10-27-11-17/h3-4,7,9,12,17,19-20,22-24,27,30-31,33H,2,5-6,8,10-11,13H2,1H3,(H,28,29). The molecule has 3 aliphatic heterocycles. The number of halogens is 1. The number of hydrogen-bond acceptors (Lipinski definition) is 7. The van der Waals surface area contributed by atoms with E-state index in [1.165, 1.54) is 4.31 Å². The van der Waals surface area contributed by atoms with Crippen molar-refractivity contribution in [3.63, 3.8) is 0 Å². The van der Waals surface area contributed by atoms with Crippen LogP contribution in [0.1, 0.15) is 54.4 Å². The van der Waals surface area contributed by atoms with Gasteiger partial charge in [0.05, 0.1) is 24.0 Å². The van der Waals surface area contributed by atoms with Gasteiger partial charge in [-0.05, 0) is 48.1 Å². The minimum absolute atomic E-state index is 0.0398. The fraction of sp³-hybridized carbons (Fsp3) is 0.560. The molecule has 194 valence electrons. The van der Waals surface area contributed by atoms with E-state index >= 15 is 4.39 Å². The monoisotopic (exact) mass is 516 g/mol. The number of imidazole rings is 1. The van der Waals surface area contributed by atoms with Gasteiger partial charge < -0.3 is 15.4 Å². The van der Waals surface area contributed by atoms with Crippen molar-refractivity contribution >= 4 is 15.6 Å². The van der Waals surface area contributed by atoms with Crippen LogP contribution in [0.3, 0.4) is 0 Å². The number of phenolic OH excluding ortho intramolecular Hbond substituents is 1. The van der Waals surface area contributed by atoms with E-state index < -0.39 is 16.2 Å². The summed E-state index contributed by atoms with van der Waals surface area (Å²) in [5.41, 5.74) is 10.2. The van der Waals surface area contributed by atoms with Gasteiger partial charge in [0.1, 0.15) is 23.0 Å².